The number of amides is 4. The van der Waals surface area contributed by atoms with Crippen LogP contribution in [0.25, 0.3) is 0 Å². The molecule has 0 atom stereocenters. The number of imide groups is 2. The molecule has 244 valence electrons. The average molecular weight is 651 g/mol. The average Bonchev–Trinajstić information content (AvgIpc) is 3.50. The predicted octanol–water partition coefficient (Wildman–Crippen LogP) is 8.58. The number of anilines is 1. The van der Waals surface area contributed by atoms with Gasteiger partial charge in [-0.2, -0.15) is 0 Å². The summed E-state index contributed by atoms with van der Waals surface area (Å²) in [6.45, 7) is 10.5. The first kappa shape index (κ1) is 31.6. The zero-order valence-electron chi connectivity index (χ0n) is 27.8. The van der Waals surface area contributed by atoms with Crippen LogP contribution in [0, 0.1) is 0 Å². The second-order valence-corrected chi connectivity index (χ2v) is 13.8. The predicted molar refractivity (Wildman–Crippen MR) is 186 cm³/mol. The zero-order chi connectivity index (χ0) is 34.7. The topological polar surface area (TPSA) is 102 Å². The number of benzene rings is 5. The van der Waals surface area contributed by atoms with Crippen molar-refractivity contribution in [2.75, 3.05) is 4.90 Å². The molecule has 0 unspecified atom stereocenters. The van der Waals surface area contributed by atoms with Gasteiger partial charge in [0.1, 0.15) is 23.0 Å². The van der Waals surface area contributed by atoms with Crippen molar-refractivity contribution in [2.24, 2.45) is 0 Å². The van der Waals surface area contributed by atoms with Gasteiger partial charge >= 0.3 is 0 Å². The highest BCUT2D eigenvalue weighted by Gasteiger charge is 2.37. The minimum absolute atomic E-state index is 0.128. The van der Waals surface area contributed by atoms with E-state index in [1.165, 1.54) is 4.90 Å². The van der Waals surface area contributed by atoms with E-state index < -0.39 is 11.8 Å². The molecular weight excluding hydrogens is 616 g/mol. The lowest BCUT2D eigenvalue weighted by molar-refractivity contribution is 0.0874. The molecule has 0 bridgehead atoms. The van der Waals surface area contributed by atoms with Crippen LogP contribution < -0.4 is 19.7 Å². The molecule has 1 N–H and O–H groups in total. The lowest BCUT2D eigenvalue weighted by Crippen LogP contribution is -2.29. The van der Waals surface area contributed by atoms with Crippen LogP contribution in [0.1, 0.15) is 92.7 Å². The molecule has 0 aromatic heterocycles. The first-order valence-electron chi connectivity index (χ1n) is 16.0. The molecule has 0 aliphatic carbocycles. The van der Waals surface area contributed by atoms with Gasteiger partial charge in [0, 0.05) is 5.41 Å². The van der Waals surface area contributed by atoms with Gasteiger partial charge in [-0.05, 0) is 94.9 Å². The number of nitrogens with zero attached hydrogens (tertiary/aromatic N) is 1. The number of hydrogen-bond donors (Lipinski definition) is 1. The van der Waals surface area contributed by atoms with Gasteiger partial charge in [-0.25, -0.2) is 4.90 Å². The minimum Gasteiger partial charge on any atom is -0.457 e. The molecular formula is C41H34N2O6. The highest BCUT2D eigenvalue weighted by atomic mass is 16.5. The maximum absolute atomic E-state index is 13.5. The van der Waals surface area contributed by atoms with Crippen molar-refractivity contribution in [2.45, 2.75) is 45.4 Å². The molecule has 2 aliphatic heterocycles. The first-order valence-corrected chi connectivity index (χ1v) is 16.0. The standard InChI is InChI=1S/C41H34N2O6/c1-40(2,3)26-7-6-8-27(21-26)43-38(46)33-20-18-31(23-35(33)39(43)47)49-29-15-11-25(12-16-29)41(4,5)24-9-13-28(14-10-24)48-30-17-19-32-34(22-30)37(45)42-36(32)44/h6-23H,1-5H3,(H,42,44,45). The van der Waals surface area contributed by atoms with E-state index in [-0.39, 0.29) is 22.6 Å². The molecule has 8 heteroatoms. The normalized spacial score (nSPS) is 14.1. The summed E-state index contributed by atoms with van der Waals surface area (Å²) in [5.74, 6) is 0.573. The van der Waals surface area contributed by atoms with Crippen LogP contribution in [-0.4, -0.2) is 23.6 Å². The van der Waals surface area contributed by atoms with Gasteiger partial charge in [-0.15, -0.1) is 0 Å². The van der Waals surface area contributed by atoms with Crippen LogP contribution in [0.5, 0.6) is 23.0 Å². The highest BCUT2D eigenvalue weighted by Crippen LogP contribution is 2.37. The monoisotopic (exact) mass is 650 g/mol. The highest BCUT2D eigenvalue weighted by molar-refractivity contribution is 6.34. The zero-order valence-corrected chi connectivity index (χ0v) is 27.8. The third kappa shape index (κ3) is 5.75. The summed E-state index contributed by atoms with van der Waals surface area (Å²) in [5, 5.41) is 2.29. The number of rotatable bonds is 7. The third-order valence-corrected chi connectivity index (χ3v) is 9.16. The minimum atomic E-state index is -0.428. The summed E-state index contributed by atoms with van der Waals surface area (Å²) < 4.78 is 12.1. The quantitative estimate of drug-likeness (QED) is 0.177. The van der Waals surface area contributed by atoms with Crippen LogP contribution in [0.2, 0.25) is 0 Å². The van der Waals surface area contributed by atoms with Gasteiger partial charge in [0.05, 0.1) is 27.9 Å². The van der Waals surface area contributed by atoms with Gasteiger partial charge in [-0.1, -0.05) is 71.0 Å². The second kappa shape index (κ2) is 11.6. The van der Waals surface area contributed by atoms with Gasteiger partial charge < -0.3 is 9.47 Å². The Morgan fingerprint density at radius 1 is 0.490 bits per heavy atom. The van der Waals surface area contributed by atoms with Gasteiger partial charge in [0.25, 0.3) is 23.6 Å². The molecule has 49 heavy (non-hydrogen) atoms. The summed E-state index contributed by atoms with van der Waals surface area (Å²) in [5.41, 5.74) is 4.53. The maximum Gasteiger partial charge on any atom is 0.266 e. The van der Waals surface area contributed by atoms with Crippen molar-refractivity contribution in [3.63, 3.8) is 0 Å². The Morgan fingerprint density at radius 3 is 1.55 bits per heavy atom. The molecule has 0 spiro atoms. The third-order valence-electron chi connectivity index (χ3n) is 9.16. The van der Waals surface area contributed by atoms with E-state index in [1.807, 2.05) is 66.7 Å². The molecule has 0 saturated carbocycles. The smallest absolute Gasteiger partial charge is 0.266 e. The van der Waals surface area contributed by atoms with Gasteiger partial charge in [-0.3, -0.25) is 24.5 Å². The number of carbonyl (C=O) groups is 4. The molecule has 4 amide bonds. The van der Waals surface area contributed by atoms with Crippen molar-refractivity contribution in [3.8, 4) is 23.0 Å². The molecule has 0 fully saturated rings. The van der Waals surface area contributed by atoms with E-state index in [1.54, 1.807) is 42.5 Å². The van der Waals surface area contributed by atoms with Crippen molar-refractivity contribution in [3.05, 3.63) is 148 Å². The van der Waals surface area contributed by atoms with Crippen LogP contribution in [-0.2, 0) is 10.8 Å². The van der Waals surface area contributed by atoms with Crippen LogP contribution in [0.3, 0.4) is 0 Å². The number of carbonyl (C=O) groups excluding carboxylic acids is 4. The van der Waals surface area contributed by atoms with E-state index in [4.69, 9.17) is 9.47 Å². The summed E-state index contributed by atoms with van der Waals surface area (Å²) in [7, 11) is 0. The largest absolute Gasteiger partial charge is 0.457 e. The van der Waals surface area contributed by atoms with Crippen molar-refractivity contribution in [1.82, 2.24) is 5.32 Å². The molecule has 2 aliphatic rings. The van der Waals surface area contributed by atoms with Crippen LogP contribution in [0.4, 0.5) is 5.69 Å². The SMILES string of the molecule is CC(C)(C)c1cccc(N2C(=O)c3ccc(Oc4ccc(C(C)(C)c5ccc(Oc6ccc7c(c6)C(=O)NC7=O)cc5)cc4)cc3C2=O)c1. The molecule has 2 heterocycles. The Kier molecular flexibility index (Phi) is 7.47. The van der Waals surface area contributed by atoms with Gasteiger partial charge in [0.2, 0.25) is 0 Å². The van der Waals surface area contributed by atoms with Crippen molar-refractivity contribution < 1.29 is 28.7 Å². The van der Waals surface area contributed by atoms with Crippen LogP contribution >= 0.6 is 0 Å². The Labute approximate surface area is 284 Å². The van der Waals surface area contributed by atoms with E-state index in [0.29, 0.717) is 50.9 Å². The summed E-state index contributed by atoms with van der Waals surface area (Å²) in [6.07, 6.45) is 0. The molecule has 7 rings (SSSR count). The Morgan fingerprint density at radius 2 is 0.980 bits per heavy atom. The fourth-order valence-electron chi connectivity index (χ4n) is 6.16. The molecule has 8 nitrogen and oxygen atoms in total. The Balaban J connectivity index is 1.04. The summed E-state index contributed by atoms with van der Waals surface area (Å²) >= 11 is 0. The molecule has 5 aromatic carbocycles. The fourth-order valence-corrected chi connectivity index (χ4v) is 6.16. The van der Waals surface area contributed by atoms with E-state index in [2.05, 4.69) is 39.9 Å². The van der Waals surface area contributed by atoms with E-state index >= 15 is 0 Å². The number of fused-ring (bicyclic) bond motifs is 2. The second-order valence-electron chi connectivity index (χ2n) is 13.8. The molecule has 5 aromatic rings. The van der Waals surface area contributed by atoms with Crippen LogP contribution in [0.15, 0.2) is 109 Å². The fraction of sp³-hybridized carbons (Fsp3) is 0.171. The summed E-state index contributed by atoms with van der Waals surface area (Å²) in [4.78, 5) is 51.8. The van der Waals surface area contributed by atoms with E-state index in [0.717, 1.165) is 16.7 Å². The van der Waals surface area contributed by atoms with Gasteiger partial charge in [0.15, 0.2) is 0 Å². The summed E-state index contributed by atoms with van der Waals surface area (Å²) in [6, 6.07) is 32.8. The van der Waals surface area contributed by atoms with Crippen molar-refractivity contribution in [1.29, 1.82) is 0 Å². The number of hydrogen-bond acceptors (Lipinski definition) is 6. The Bertz CT molecular complexity index is 2180. The lowest BCUT2D eigenvalue weighted by atomic mass is 9.78. The number of nitrogens with one attached hydrogen (secondary N) is 1. The first-order chi connectivity index (χ1) is 23.3. The molecule has 0 saturated heterocycles. The number of ether oxygens (including phenoxy) is 2. The maximum atomic E-state index is 13.5. The Hall–Kier alpha value is -6.02. The van der Waals surface area contributed by atoms with E-state index in [9.17, 15) is 19.2 Å². The lowest BCUT2D eigenvalue weighted by Gasteiger charge is -2.26. The van der Waals surface area contributed by atoms with Crippen molar-refractivity contribution >= 4 is 29.3 Å². The molecule has 0 radical (unpaired) electrons.